The van der Waals surface area contributed by atoms with E-state index in [9.17, 15) is 9.90 Å². The molecule has 5 nitrogen and oxygen atoms in total. The number of phenolic OH excluding ortho intramolecular Hbond substituents is 1. The van der Waals surface area contributed by atoms with Crippen LogP contribution >= 0.6 is 0 Å². The molecule has 14 heavy (non-hydrogen) atoms. The summed E-state index contributed by atoms with van der Waals surface area (Å²) in [4.78, 5) is 11.1. The predicted molar refractivity (Wildman–Crippen MR) is 47.2 cm³/mol. The predicted octanol–water partition coefficient (Wildman–Crippen LogP) is -0.106. The zero-order valence-electron chi connectivity index (χ0n) is 7.47. The maximum Gasteiger partial charge on any atom is 0.218 e. The smallest absolute Gasteiger partial charge is 0.218 e. The molecular weight excluding hydrogens is 188 g/mol. The molecule has 0 aliphatic rings. The van der Waals surface area contributed by atoms with Crippen molar-refractivity contribution in [3.8, 4) is 11.5 Å². The van der Waals surface area contributed by atoms with Crippen molar-refractivity contribution in [1.29, 1.82) is 0 Å². The van der Waals surface area contributed by atoms with Crippen LogP contribution in [0.4, 0.5) is 0 Å². The van der Waals surface area contributed by atoms with E-state index in [2.05, 4.69) is 0 Å². The number of carbonyl (C=O) groups excluding carboxylic acids is 1. The van der Waals surface area contributed by atoms with Crippen LogP contribution in [-0.4, -0.2) is 34.5 Å². The van der Waals surface area contributed by atoms with Gasteiger partial charge in [0.1, 0.15) is 0 Å². The monoisotopic (exact) mass is 198 g/mol. The van der Waals surface area contributed by atoms with E-state index in [1.165, 1.54) is 25.3 Å². The quantitative estimate of drug-likeness (QED) is 0.466. The van der Waals surface area contributed by atoms with Crippen LogP contribution in [0.1, 0.15) is 10.4 Å². The summed E-state index contributed by atoms with van der Waals surface area (Å²) >= 11 is 0. The number of Topliss-reactive ketones (excluding diaryl/α,β-unsaturated/α-hetero) is 1. The van der Waals surface area contributed by atoms with Gasteiger partial charge in [0.15, 0.2) is 11.5 Å². The maximum absolute atomic E-state index is 11.1. The molecule has 3 N–H and O–H groups in total. The molecule has 5 heteroatoms. The van der Waals surface area contributed by atoms with E-state index in [4.69, 9.17) is 14.9 Å². The number of phenols is 1. The second-order valence-electron chi connectivity index (χ2n) is 2.62. The number of hydrogen-bond donors (Lipinski definition) is 3. The number of aliphatic hydroxyl groups is 2. The van der Waals surface area contributed by atoms with Gasteiger partial charge in [-0.2, -0.15) is 0 Å². The Morgan fingerprint density at radius 1 is 1.43 bits per heavy atom. The van der Waals surface area contributed by atoms with Crippen LogP contribution in [-0.2, 0) is 0 Å². The van der Waals surface area contributed by atoms with Gasteiger partial charge in [-0.3, -0.25) is 4.79 Å². The SMILES string of the molecule is COc1cc(C(=O)C(O)O)ccc1O. The molecule has 1 aromatic rings. The highest BCUT2D eigenvalue weighted by Crippen LogP contribution is 2.26. The third-order valence-corrected chi connectivity index (χ3v) is 1.70. The van der Waals surface area contributed by atoms with Crippen LogP contribution in [0, 0.1) is 0 Å². The molecule has 0 amide bonds. The Balaban J connectivity index is 3.06. The average Bonchev–Trinajstić information content (AvgIpc) is 2.17. The molecule has 0 aromatic heterocycles. The minimum atomic E-state index is -2.05. The number of methoxy groups -OCH3 is 1. The highest BCUT2D eigenvalue weighted by molar-refractivity contribution is 5.98. The number of rotatable bonds is 3. The number of hydrogen-bond acceptors (Lipinski definition) is 5. The molecule has 0 radical (unpaired) electrons. The summed E-state index contributed by atoms with van der Waals surface area (Å²) in [5.74, 6) is -0.851. The van der Waals surface area contributed by atoms with E-state index in [1.807, 2.05) is 0 Å². The molecule has 0 atom stereocenters. The lowest BCUT2D eigenvalue weighted by atomic mass is 10.1. The largest absolute Gasteiger partial charge is 0.504 e. The van der Waals surface area contributed by atoms with Gasteiger partial charge in [0.05, 0.1) is 7.11 Å². The Bertz CT molecular complexity index is 345. The number of ether oxygens (including phenoxy) is 1. The fraction of sp³-hybridized carbons (Fsp3) is 0.222. The van der Waals surface area contributed by atoms with Gasteiger partial charge in [-0.25, -0.2) is 0 Å². The molecule has 0 unspecified atom stereocenters. The molecule has 1 rings (SSSR count). The Morgan fingerprint density at radius 2 is 2.07 bits per heavy atom. The van der Waals surface area contributed by atoms with E-state index < -0.39 is 12.1 Å². The lowest BCUT2D eigenvalue weighted by Crippen LogP contribution is -2.19. The van der Waals surface area contributed by atoms with Gasteiger partial charge in [-0.15, -0.1) is 0 Å². The Kier molecular flexibility index (Phi) is 3.06. The highest BCUT2D eigenvalue weighted by Gasteiger charge is 2.15. The summed E-state index contributed by atoms with van der Waals surface area (Å²) in [6.07, 6.45) is -2.05. The van der Waals surface area contributed by atoms with Crippen LogP contribution in [0.3, 0.4) is 0 Å². The fourth-order valence-electron chi connectivity index (χ4n) is 0.980. The molecule has 0 fully saturated rings. The van der Waals surface area contributed by atoms with Gasteiger partial charge >= 0.3 is 0 Å². The fourth-order valence-corrected chi connectivity index (χ4v) is 0.980. The van der Waals surface area contributed by atoms with Crippen molar-refractivity contribution in [3.05, 3.63) is 23.8 Å². The highest BCUT2D eigenvalue weighted by atomic mass is 16.5. The first-order chi connectivity index (χ1) is 6.56. The van der Waals surface area contributed by atoms with E-state index in [1.54, 1.807) is 0 Å². The first-order valence-electron chi connectivity index (χ1n) is 3.83. The number of ketones is 1. The van der Waals surface area contributed by atoms with E-state index in [0.29, 0.717) is 0 Å². The van der Waals surface area contributed by atoms with Crippen molar-refractivity contribution in [2.75, 3.05) is 7.11 Å². The minimum absolute atomic E-state index is 0.0645. The van der Waals surface area contributed by atoms with Crippen molar-refractivity contribution in [3.63, 3.8) is 0 Å². The number of aliphatic hydroxyl groups excluding tert-OH is 1. The summed E-state index contributed by atoms with van der Waals surface area (Å²) in [7, 11) is 1.33. The van der Waals surface area contributed by atoms with Gasteiger partial charge in [-0.05, 0) is 18.2 Å². The molecule has 0 bridgehead atoms. The van der Waals surface area contributed by atoms with Crippen molar-refractivity contribution in [1.82, 2.24) is 0 Å². The van der Waals surface area contributed by atoms with Crippen molar-refractivity contribution in [2.24, 2.45) is 0 Å². The first-order valence-corrected chi connectivity index (χ1v) is 3.83. The van der Waals surface area contributed by atoms with Gasteiger partial charge in [0.25, 0.3) is 0 Å². The lowest BCUT2D eigenvalue weighted by Gasteiger charge is -2.06. The normalized spacial score (nSPS) is 10.3. The average molecular weight is 198 g/mol. The van der Waals surface area contributed by atoms with E-state index in [0.717, 1.165) is 0 Å². The third kappa shape index (κ3) is 2.01. The molecule has 0 spiro atoms. The summed E-state index contributed by atoms with van der Waals surface area (Å²) in [6, 6.07) is 3.76. The van der Waals surface area contributed by atoms with E-state index >= 15 is 0 Å². The molecule has 0 saturated heterocycles. The summed E-state index contributed by atoms with van der Waals surface area (Å²) in [5.41, 5.74) is 0.0645. The molecule has 0 heterocycles. The van der Waals surface area contributed by atoms with Crippen LogP contribution in [0.2, 0.25) is 0 Å². The minimum Gasteiger partial charge on any atom is -0.504 e. The molecule has 76 valence electrons. The zero-order chi connectivity index (χ0) is 10.7. The van der Waals surface area contributed by atoms with Gasteiger partial charge in [0, 0.05) is 5.56 Å². The van der Waals surface area contributed by atoms with Crippen LogP contribution in [0.15, 0.2) is 18.2 Å². The van der Waals surface area contributed by atoms with Crippen molar-refractivity contribution in [2.45, 2.75) is 6.29 Å². The topological polar surface area (TPSA) is 87.0 Å². The number of aromatic hydroxyl groups is 1. The van der Waals surface area contributed by atoms with Crippen LogP contribution in [0.25, 0.3) is 0 Å². The summed E-state index contributed by atoms with van der Waals surface area (Å²) in [5, 5.41) is 26.4. The van der Waals surface area contributed by atoms with Gasteiger partial charge in [-0.1, -0.05) is 0 Å². The number of carbonyl (C=O) groups is 1. The Hall–Kier alpha value is -1.59. The molecule has 0 aliphatic carbocycles. The van der Waals surface area contributed by atoms with Crippen LogP contribution in [0.5, 0.6) is 11.5 Å². The van der Waals surface area contributed by atoms with Crippen molar-refractivity contribution < 1.29 is 24.9 Å². The van der Waals surface area contributed by atoms with Gasteiger partial charge in [0.2, 0.25) is 12.1 Å². The van der Waals surface area contributed by atoms with Crippen molar-refractivity contribution >= 4 is 5.78 Å². The third-order valence-electron chi connectivity index (χ3n) is 1.70. The molecular formula is C9H10O5. The summed E-state index contributed by atoms with van der Waals surface area (Å²) in [6.45, 7) is 0. The second kappa shape index (κ2) is 4.08. The Morgan fingerprint density at radius 3 is 2.57 bits per heavy atom. The maximum atomic E-state index is 11.1. The standard InChI is InChI=1S/C9H10O5/c1-14-7-4-5(2-3-6(7)10)8(11)9(12)13/h2-4,9-10,12-13H,1H3. The van der Waals surface area contributed by atoms with E-state index in [-0.39, 0.29) is 17.1 Å². The zero-order valence-corrected chi connectivity index (χ0v) is 7.47. The van der Waals surface area contributed by atoms with Gasteiger partial charge < -0.3 is 20.1 Å². The lowest BCUT2D eigenvalue weighted by molar-refractivity contribution is -0.0195. The van der Waals surface area contributed by atoms with Crippen LogP contribution < -0.4 is 4.74 Å². The molecule has 0 aliphatic heterocycles. The summed E-state index contributed by atoms with van der Waals surface area (Å²) < 4.78 is 4.75. The molecule has 0 saturated carbocycles. The number of benzene rings is 1. The Labute approximate surface area is 80.2 Å². The second-order valence-corrected chi connectivity index (χ2v) is 2.62. The first kappa shape index (κ1) is 10.5. The molecule has 1 aromatic carbocycles.